The molecular weight excluding hydrogens is 532 g/mol. The molecule has 9 atom stereocenters. The summed E-state index contributed by atoms with van der Waals surface area (Å²) in [5, 5.41) is 11.6. The van der Waals surface area contributed by atoms with Gasteiger partial charge in [0.05, 0.1) is 23.3 Å². The fourth-order valence-electron chi connectivity index (χ4n) is 6.26. The highest BCUT2D eigenvalue weighted by atomic mass is 35.5. The molecule has 0 aromatic carbocycles. The van der Waals surface area contributed by atoms with Crippen LogP contribution in [-0.4, -0.2) is 54.7 Å². The molecule has 0 aromatic rings. The molecule has 1 saturated heterocycles. The highest BCUT2D eigenvalue weighted by molar-refractivity contribution is 6.74. The Morgan fingerprint density at radius 2 is 1.82 bits per heavy atom. The molecule has 6 nitrogen and oxygen atoms in total. The smallest absolute Gasteiger partial charge is 0.311 e. The average molecular weight is 585 g/mol. The maximum atomic E-state index is 13.2. The van der Waals surface area contributed by atoms with Gasteiger partial charge in [-0.1, -0.05) is 53.7 Å². The minimum absolute atomic E-state index is 0.0123. The van der Waals surface area contributed by atoms with Crippen molar-refractivity contribution in [1.82, 2.24) is 0 Å². The van der Waals surface area contributed by atoms with Crippen molar-refractivity contribution in [1.29, 1.82) is 0 Å². The predicted octanol–water partition coefficient (Wildman–Crippen LogP) is 7.03. The number of esters is 2. The number of ether oxygens (including phenoxy) is 2. The maximum Gasteiger partial charge on any atom is 0.311 e. The fourth-order valence-corrected chi connectivity index (χ4v) is 7.94. The molecule has 0 unspecified atom stereocenters. The topological polar surface area (TPSA) is 82.1 Å². The summed E-state index contributed by atoms with van der Waals surface area (Å²) in [7, 11) is -2.02. The van der Waals surface area contributed by atoms with Crippen LogP contribution in [0.5, 0.6) is 0 Å². The monoisotopic (exact) mass is 584 g/mol. The number of allylic oxidation sites excluding steroid dienone is 1. The van der Waals surface area contributed by atoms with Crippen LogP contribution in [-0.2, 0) is 23.5 Å². The summed E-state index contributed by atoms with van der Waals surface area (Å²) in [4.78, 5) is 25.7. The van der Waals surface area contributed by atoms with Crippen LogP contribution < -0.4 is 0 Å². The van der Waals surface area contributed by atoms with E-state index in [9.17, 15) is 14.7 Å². The first-order valence-corrected chi connectivity index (χ1v) is 18.3. The number of alkyl halides is 1. The zero-order chi connectivity index (χ0) is 29.6. The van der Waals surface area contributed by atoms with E-state index in [-0.39, 0.29) is 52.9 Å². The first-order chi connectivity index (χ1) is 17.8. The first-order valence-electron chi connectivity index (χ1n) is 15.0. The molecule has 39 heavy (non-hydrogen) atoms. The third-order valence-electron chi connectivity index (χ3n) is 10.3. The number of carbonyl (C=O) groups excluding carboxylic acids is 2. The second kappa shape index (κ2) is 11.8. The lowest BCUT2D eigenvalue weighted by atomic mass is 9.58. The van der Waals surface area contributed by atoms with Gasteiger partial charge in [-0.15, -0.1) is 11.6 Å². The standard InChI is InChI=1S/C31H53ClO6Si/c1-11-30(7,8)28(34)37-24-16-20(3)27(32)31(35)15-14-19(2)23(26(24)31)13-12-21-17-22(18-25(33)36-21)38-39(9,10)29(4,5)6/h14-15,19-24,26-27,35H,11-13,16-18H2,1-10H3/t19-,20+,21+,22+,23-,24-,26-,27-,31-/m0/s1. The molecule has 1 heterocycles. The lowest BCUT2D eigenvalue weighted by Gasteiger charge is -2.54. The molecule has 0 aromatic heterocycles. The minimum Gasteiger partial charge on any atom is -0.462 e. The van der Waals surface area contributed by atoms with E-state index in [1.165, 1.54) is 0 Å². The van der Waals surface area contributed by atoms with Gasteiger partial charge in [-0.3, -0.25) is 9.59 Å². The van der Waals surface area contributed by atoms with Crippen molar-refractivity contribution in [3.63, 3.8) is 0 Å². The Kier molecular flexibility index (Phi) is 9.85. The molecule has 2 fully saturated rings. The number of fused-ring (bicyclic) bond motifs is 1. The predicted molar refractivity (Wildman–Crippen MR) is 158 cm³/mol. The van der Waals surface area contributed by atoms with Crippen LogP contribution in [0.3, 0.4) is 0 Å². The highest BCUT2D eigenvalue weighted by Crippen LogP contribution is 2.52. The van der Waals surface area contributed by atoms with E-state index in [4.69, 9.17) is 25.5 Å². The summed E-state index contributed by atoms with van der Waals surface area (Å²) < 4.78 is 18.6. The molecule has 0 spiro atoms. The number of halogens is 1. The van der Waals surface area contributed by atoms with E-state index < -0.39 is 30.8 Å². The van der Waals surface area contributed by atoms with Crippen LogP contribution in [0.15, 0.2) is 12.2 Å². The van der Waals surface area contributed by atoms with Crippen molar-refractivity contribution in [3.8, 4) is 0 Å². The van der Waals surface area contributed by atoms with Gasteiger partial charge in [0, 0.05) is 12.3 Å². The molecule has 0 radical (unpaired) electrons. The number of cyclic esters (lactones) is 1. The second-order valence-corrected chi connectivity index (χ2v) is 19.9. The highest BCUT2D eigenvalue weighted by Gasteiger charge is 2.58. The van der Waals surface area contributed by atoms with Crippen molar-refractivity contribution in [3.05, 3.63) is 12.2 Å². The molecule has 2 aliphatic carbocycles. The zero-order valence-electron chi connectivity index (χ0n) is 25.9. The summed E-state index contributed by atoms with van der Waals surface area (Å²) in [5.41, 5.74) is -1.87. The number of hydrogen-bond acceptors (Lipinski definition) is 6. The Bertz CT molecular complexity index is 927. The van der Waals surface area contributed by atoms with Crippen LogP contribution >= 0.6 is 11.6 Å². The van der Waals surface area contributed by atoms with Crippen LogP contribution in [0, 0.1) is 29.1 Å². The molecule has 3 aliphatic rings. The van der Waals surface area contributed by atoms with Gasteiger partial charge >= 0.3 is 11.9 Å². The van der Waals surface area contributed by atoms with Gasteiger partial charge < -0.3 is 19.0 Å². The second-order valence-electron chi connectivity index (χ2n) is 14.7. The lowest BCUT2D eigenvalue weighted by molar-refractivity contribution is -0.183. The van der Waals surface area contributed by atoms with Gasteiger partial charge in [0.2, 0.25) is 0 Å². The normalized spacial score (nSPS) is 37.7. The minimum atomic E-state index is -2.02. The molecule has 1 aliphatic heterocycles. The fraction of sp³-hybridized carbons (Fsp3) is 0.871. The third kappa shape index (κ3) is 6.95. The van der Waals surface area contributed by atoms with Gasteiger partial charge in [0.1, 0.15) is 17.8 Å². The van der Waals surface area contributed by atoms with E-state index in [2.05, 4.69) is 46.9 Å². The van der Waals surface area contributed by atoms with Crippen molar-refractivity contribution >= 4 is 31.9 Å². The van der Waals surface area contributed by atoms with Crippen LogP contribution in [0.2, 0.25) is 18.1 Å². The summed E-state index contributed by atoms with van der Waals surface area (Å²) >= 11 is 6.88. The Labute approximate surface area is 242 Å². The van der Waals surface area contributed by atoms with Crippen molar-refractivity contribution in [2.45, 2.75) is 141 Å². The Morgan fingerprint density at radius 3 is 2.41 bits per heavy atom. The summed E-state index contributed by atoms with van der Waals surface area (Å²) in [6, 6.07) is 0. The van der Waals surface area contributed by atoms with Gasteiger partial charge in [0.25, 0.3) is 0 Å². The Morgan fingerprint density at radius 1 is 1.18 bits per heavy atom. The molecule has 8 heteroatoms. The molecule has 1 saturated carbocycles. The van der Waals surface area contributed by atoms with E-state index in [0.717, 1.165) is 6.42 Å². The van der Waals surface area contributed by atoms with Gasteiger partial charge in [0.15, 0.2) is 8.32 Å². The van der Waals surface area contributed by atoms with E-state index in [1.807, 2.05) is 33.8 Å². The Hall–Kier alpha value is -0.893. The molecule has 1 N–H and O–H groups in total. The SMILES string of the molecule is CCC(C)(C)C(=O)O[C@H]1C[C@@H](C)[C@H](Cl)[C@]2(O)C=C[C@H](C)[C@H](CC[C@@H]3C[C@@H](O[Si](C)(C)C(C)(C)C)CC(=O)O3)[C@@H]12. The Balaban J connectivity index is 1.80. The summed E-state index contributed by atoms with van der Waals surface area (Å²) in [6.45, 7) is 21.0. The largest absolute Gasteiger partial charge is 0.462 e. The summed E-state index contributed by atoms with van der Waals surface area (Å²) in [5.74, 6) is -0.592. The van der Waals surface area contributed by atoms with Crippen LogP contribution in [0.4, 0.5) is 0 Å². The zero-order valence-corrected chi connectivity index (χ0v) is 27.6. The van der Waals surface area contributed by atoms with Gasteiger partial charge in [-0.25, -0.2) is 0 Å². The number of hydrogen-bond donors (Lipinski definition) is 1. The van der Waals surface area contributed by atoms with Crippen LogP contribution in [0.25, 0.3) is 0 Å². The number of aliphatic hydroxyl groups is 1. The van der Waals surface area contributed by atoms with Crippen molar-refractivity contribution in [2.24, 2.45) is 29.1 Å². The van der Waals surface area contributed by atoms with Crippen LogP contribution in [0.1, 0.15) is 93.9 Å². The maximum absolute atomic E-state index is 13.2. The quantitative estimate of drug-likeness (QED) is 0.143. The molecule has 0 amide bonds. The first kappa shape index (κ1) is 32.6. The average Bonchev–Trinajstić information content (AvgIpc) is 2.81. The molecule has 3 rings (SSSR count). The van der Waals surface area contributed by atoms with Gasteiger partial charge in [-0.05, 0) is 75.4 Å². The van der Waals surface area contributed by atoms with E-state index >= 15 is 0 Å². The van der Waals surface area contributed by atoms with Crippen molar-refractivity contribution in [2.75, 3.05) is 0 Å². The van der Waals surface area contributed by atoms with E-state index in [1.54, 1.807) is 0 Å². The number of rotatable bonds is 8. The molecular formula is C31H53ClO6Si. The van der Waals surface area contributed by atoms with Gasteiger partial charge in [-0.2, -0.15) is 0 Å². The molecule has 224 valence electrons. The number of carbonyl (C=O) groups is 2. The lowest BCUT2D eigenvalue weighted by Crippen LogP contribution is -2.62. The molecule has 0 bridgehead atoms. The van der Waals surface area contributed by atoms with E-state index in [0.29, 0.717) is 32.1 Å². The van der Waals surface area contributed by atoms with Crippen molar-refractivity contribution < 1.29 is 28.6 Å². The summed E-state index contributed by atoms with van der Waals surface area (Å²) in [6.07, 6.45) is 6.77. The third-order valence-corrected chi connectivity index (χ3v) is 15.6.